The standard InChI is InChI=1S/C28H37N3O4/c1-19(22-7-4-3-5-8-22)35-20(2)30-26(28(32)33)14-16-34-25-17-21(18-25)10-12-24-13-11-23-9-6-15-29-27(23)31-24/h3-5,7-8,11,13,19,21,25-26,30H,2,6,9-10,12,14-18H2,1H3,(H,29,31)(H,32,33)/t19-,21-,25-,26-/m0/s1. The van der Waals surface area contributed by atoms with Crippen molar-refractivity contribution in [3.8, 4) is 0 Å². The third kappa shape index (κ3) is 7.21. The van der Waals surface area contributed by atoms with E-state index in [9.17, 15) is 9.90 Å². The normalized spacial score (nSPS) is 20.5. The molecule has 4 rings (SSSR count). The van der Waals surface area contributed by atoms with Gasteiger partial charge in [-0.15, -0.1) is 0 Å². The average molecular weight is 480 g/mol. The molecule has 0 unspecified atom stereocenters. The van der Waals surface area contributed by atoms with Crippen LogP contribution in [0.15, 0.2) is 54.9 Å². The molecule has 0 bridgehead atoms. The zero-order valence-corrected chi connectivity index (χ0v) is 20.5. The maximum Gasteiger partial charge on any atom is 0.326 e. The van der Waals surface area contributed by atoms with E-state index in [2.05, 4.69) is 29.3 Å². The van der Waals surface area contributed by atoms with E-state index in [-0.39, 0.29) is 18.1 Å². The van der Waals surface area contributed by atoms with Gasteiger partial charge in [0, 0.05) is 25.3 Å². The van der Waals surface area contributed by atoms with Crippen LogP contribution in [0.4, 0.5) is 5.82 Å². The number of rotatable bonds is 13. The molecule has 0 spiro atoms. The number of aryl methyl sites for hydroxylation is 2. The van der Waals surface area contributed by atoms with Gasteiger partial charge in [-0.3, -0.25) is 0 Å². The minimum atomic E-state index is -0.941. The molecule has 1 saturated carbocycles. The van der Waals surface area contributed by atoms with Crippen molar-refractivity contribution in [1.82, 2.24) is 10.3 Å². The van der Waals surface area contributed by atoms with Gasteiger partial charge in [-0.25, -0.2) is 9.78 Å². The first kappa shape index (κ1) is 25.0. The van der Waals surface area contributed by atoms with Crippen LogP contribution in [0, 0.1) is 5.92 Å². The Morgan fingerprint density at radius 3 is 2.83 bits per heavy atom. The molecule has 2 aromatic rings. The summed E-state index contributed by atoms with van der Waals surface area (Å²) >= 11 is 0. The summed E-state index contributed by atoms with van der Waals surface area (Å²) in [6.45, 7) is 7.16. The highest BCUT2D eigenvalue weighted by Gasteiger charge is 2.30. The Labute approximate surface area is 207 Å². The van der Waals surface area contributed by atoms with Crippen LogP contribution in [0.3, 0.4) is 0 Å². The number of aromatic nitrogens is 1. The number of benzene rings is 1. The second-order valence-corrected chi connectivity index (χ2v) is 9.63. The lowest BCUT2D eigenvalue weighted by Gasteiger charge is -2.35. The molecule has 0 amide bonds. The van der Waals surface area contributed by atoms with Crippen LogP contribution in [-0.4, -0.2) is 41.4 Å². The third-order valence-electron chi connectivity index (χ3n) is 6.93. The van der Waals surface area contributed by atoms with Crippen LogP contribution >= 0.6 is 0 Å². The second kappa shape index (κ2) is 12.1. The number of pyridine rings is 1. The first-order valence-corrected chi connectivity index (χ1v) is 12.7. The average Bonchev–Trinajstić information content (AvgIpc) is 2.84. The lowest BCUT2D eigenvalue weighted by molar-refractivity contribution is -0.140. The Kier molecular flexibility index (Phi) is 8.64. The van der Waals surface area contributed by atoms with Crippen LogP contribution in [-0.2, 0) is 27.1 Å². The van der Waals surface area contributed by atoms with Crippen LogP contribution in [0.1, 0.15) is 62.0 Å². The molecule has 7 nitrogen and oxygen atoms in total. The highest BCUT2D eigenvalue weighted by molar-refractivity contribution is 5.73. The van der Waals surface area contributed by atoms with Crippen molar-refractivity contribution in [2.24, 2.45) is 5.92 Å². The van der Waals surface area contributed by atoms with E-state index < -0.39 is 12.0 Å². The number of ether oxygens (including phenoxy) is 2. The predicted octanol–water partition coefficient (Wildman–Crippen LogP) is 4.85. The smallest absolute Gasteiger partial charge is 0.326 e. The number of carboxylic acids is 1. The molecular weight excluding hydrogens is 442 g/mol. The molecule has 1 fully saturated rings. The number of anilines is 1. The molecule has 1 aliphatic carbocycles. The molecule has 7 heteroatoms. The zero-order valence-electron chi connectivity index (χ0n) is 20.5. The second-order valence-electron chi connectivity index (χ2n) is 9.63. The van der Waals surface area contributed by atoms with E-state index in [1.165, 1.54) is 12.0 Å². The Balaban J connectivity index is 1.12. The van der Waals surface area contributed by atoms with Crippen molar-refractivity contribution in [2.45, 2.75) is 70.1 Å². The highest BCUT2D eigenvalue weighted by Crippen LogP contribution is 2.34. The molecule has 1 aliphatic heterocycles. The summed E-state index contributed by atoms with van der Waals surface area (Å²) in [7, 11) is 0. The molecule has 2 heterocycles. The first-order valence-electron chi connectivity index (χ1n) is 12.7. The summed E-state index contributed by atoms with van der Waals surface area (Å²) in [4.78, 5) is 16.5. The fourth-order valence-corrected chi connectivity index (χ4v) is 4.75. The molecule has 2 atom stereocenters. The number of carboxylic acid groups (broad SMARTS) is 1. The number of aliphatic carboxylic acids is 1. The van der Waals surface area contributed by atoms with Crippen LogP contribution in [0.5, 0.6) is 0 Å². The fraction of sp³-hybridized carbons (Fsp3) is 0.500. The van der Waals surface area contributed by atoms with Crippen molar-refractivity contribution in [3.63, 3.8) is 0 Å². The number of carbonyl (C=O) groups is 1. The summed E-state index contributed by atoms with van der Waals surface area (Å²) < 4.78 is 11.7. The fourth-order valence-electron chi connectivity index (χ4n) is 4.75. The van der Waals surface area contributed by atoms with Gasteiger partial charge in [0.1, 0.15) is 18.0 Å². The number of hydrogen-bond donors (Lipinski definition) is 3. The van der Waals surface area contributed by atoms with Gasteiger partial charge in [-0.1, -0.05) is 36.4 Å². The lowest BCUT2D eigenvalue weighted by atomic mass is 9.79. The van der Waals surface area contributed by atoms with Gasteiger partial charge in [0.15, 0.2) is 5.88 Å². The van der Waals surface area contributed by atoms with Gasteiger partial charge in [-0.05, 0) is 75.1 Å². The molecule has 1 aromatic carbocycles. The van der Waals surface area contributed by atoms with Gasteiger partial charge in [0.05, 0.1) is 6.10 Å². The summed E-state index contributed by atoms with van der Waals surface area (Å²) in [5, 5.41) is 15.9. The maximum absolute atomic E-state index is 11.7. The predicted molar refractivity (Wildman–Crippen MR) is 136 cm³/mol. The topological polar surface area (TPSA) is 92.7 Å². The zero-order chi connectivity index (χ0) is 24.6. The Bertz CT molecular complexity index is 991. The number of hydrogen-bond acceptors (Lipinski definition) is 6. The Morgan fingerprint density at radius 2 is 2.06 bits per heavy atom. The van der Waals surface area contributed by atoms with Crippen molar-refractivity contribution in [1.29, 1.82) is 0 Å². The minimum Gasteiger partial charge on any atom is -0.480 e. The maximum atomic E-state index is 11.7. The van der Waals surface area contributed by atoms with E-state index in [1.54, 1.807) is 0 Å². The summed E-state index contributed by atoms with van der Waals surface area (Å²) in [5.74, 6) is 1.02. The summed E-state index contributed by atoms with van der Waals surface area (Å²) in [6.07, 6.45) is 6.79. The molecule has 35 heavy (non-hydrogen) atoms. The SMILES string of the molecule is C=C(N[C@@H](CCO[C@H]1C[C@H](CCc2ccc3c(n2)NCCC3)C1)C(=O)O)O[C@@H](C)c1ccccc1. The van der Waals surface area contributed by atoms with Crippen molar-refractivity contribution < 1.29 is 19.4 Å². The van der Waals surface area contributed by atoms with E-state index in [4.69, 9.17) is 14.5 Å². The molecule has 0 saturated heterocycles. The quantitative estimate of drug-likeness (QED) is 0.354. The van der Waals surface area contributed by atoms with Gasteiger partial charge < -0.3 is 25.2 Å². The van der Waals surface area contributed by atoms with Gasteiger partial charge in [0.2, 0.25) is 0 Å². The van der Waals surface area contributed by atoms with Crippen molar-refractivity contribution in [2.75, 3.05) is 18.5 Å². The molecule has 2 aliphatic rings. The van der Waals surface area contributed by atoms with Crippen LogP contribution in [0.2, 0.25) is 0 Å². The van der Waals surface area contributed by atoms with E-state index >= 15 is 0 Å². The molecule has 188 valence electrons. The summed E-state index contributed by atoms with van der Waals surface area (Å²) in [6, 6.07) is 13.3. The van der Waals surface area contributed by atoms with Gasteiger partial charge in [-0.2, -0.15) is 0 Å². The minimum absolute atomic E-state index is 0.213. The monoisotopic (exact) mass is 479 g/mol. The highest BCUT2D eigenvalue weighted by atomic mass is 16.5. The first-order chi connectivity index (χ1) is 17.0. The lowest BCUT2D eigenvalue weighted by Crippen LogP contribution is -2.39. The van der Waals surface area contributed by atoms with Gasteiger partial charge >= 0.3 is 5.97 Å². The van der Waals surface area contributed by atoms with E-state index in [1.807, 2.05) is 37.3 Å². The van der Waals surface area contributed by atoms with Gasteiger partial charge in [0.25, 0.3) is 0 Å². The van der Waals surface area contributed by atoms with Crippen molar-refractivity contribution in [3.05, 3.63) is 71.7 Å². The van der Waals surface area contributed by atoms with Crippen molar-refractivity contribution >= 4 is 11.8 Å². The number of nitrogens with zero attached hydrogens (tertiary/aromatic N) is 1. The Hall–Kier alpha value is -3.06. The number of fused-ring (bicyclic) bond motifs is 1. The largest absolute Gasteiger partial charge is 0.480 e. The Morgan fingerprint density at radius 1 is 1.26 bits per heavy atom. The summed E-state index contributed by atoms with van der Waals surface area (Å²) in [5.41, 5.74) is 3.48. The third-order valence-corrected chi connectivity index (χ3v) is 6.93. The van der Waals surface area contributed by atoms with E-state index in [0.717, 1.165) is 55.7 Å². The molecule has 3 N–H and O–H groups in total. The molecular formula is C28H37N3O4. The van der Waals surface area contributed by atoms with E-state index in [0.29, 0.717) is 18.9 Å². The molecule has 1 aromatic heterocycles. The van der Waals surface area contributed by atoms with Crippen LogP contribution in [0.25, 0.3) is 0 Å². The molecule has 0 radical (unpaired) electrons. The van der Waals surface area contributed by atoms with Crippen LogP contribution < -0.4 is 10.6 Å². The number of nitrogens with one attached hydrogen (secondary N) is 2.